The van der Waals surface area contributed by atoms with E-state index in [1.165, 1.54) is 32.1 Å². The van der Waals surface area contributed by atoms with Crippen LogP contribution in [0.25, 0.3) is 0 Å². The molecule has 0 saturated heterocycles. The van der Waals surface area contributed by atoms with Crippen LogP contribution < -0.4 is 5.73 Å². The van der Waals surface area contributed by atoms with Gasteiger partial charge in [0, 0.05) is 13.2 Å². The average Bonchev–Trinajstić information content (AvgIpc) is 2.68. The zero-order valence-corrected chi connectivity index (χ0v) is 7.83. The fourth-order valence-electron chi connectivity index (χ4n) is 2.18. The molecule has 0 aromatic carbocycles. The maximum Gasteiger partial charge on any atom is 0.0752 e. The molecular formula is C10H19NO. The van der Waals surface area contributed by atoms with Crippen molar-refractivity contribution in [3.05, 3.63) is 0 Å². The predicted octanol–water partition coefficient (Wildman–Crippen LogP) is 1.54. The first-order valence-electron chi connectivity index (χ1n) is 5.11. The van der Waals surface area contributed by atoms with Crippen LogP contribution in [0, 0.1) is 11.8 Å². The first kappa shape index (κ1) is 8.52. The maximum absolute atomic E-state index is 6.15. The van der Waals surface area contributed by atoms with Crippen LogP contribution in [-0.2, 0) is 4.74 Å². The summed E-state index contributed by atoms with van der Waals surface area (Å²) in [4.78, 5) is 0. The largest absolute Gasteiger partial charge is 0.380 e. The Hall–Kier alpha value is -0.0800. The van der Waals surface area contributed by atoms with Gasteiger partial charge >= 0.3 is 0 Å². The van der Waals surface area contributed by atoms with Crippen molar-refractivity contribution >= 4 is 0 Å². The highest BCUT2D eigenvalue weighted by Gasteiger charge is 2.39. The minimum absolute atomic E-state index is 0.316. The van der Waals surface area contributed by atoms with Gasteiger partial charge in [0.05, 0.1) is 6.10 Å². The van der Waals surface area contributed by atoms with Gasteiger partial charge in [0.25, 0.3) is 0 Å². The number of methoxy groups -OCH3 is 1. The molecule has 2 unspecified atom stereocenters. The Bertz CT molecular complexity index is 152. The number of ether oxygens (including phenoxy) is 1. The highest BCUT2D eigenvalue weighted by Crippen LogP contribution is 2.40. The lowest BCUT2D eigenvalue weighted by Crippen LogP contribution is -2.46. The molecule has 2 atom stereocenters. The van der Waals surface area contributed by atoms with E-state index < -0.39 is 0 Å². The standard InChI is InChI=1S/C10H19NO/c1-12-10(8-5-6-8)9(11)7-3-2-4-7/h7-10H,2-6,11H2,1H3. The molecule has 2 aliphatic carbocycles. The van der Waals surface area contributed by atoms with Crippen molar-refractivity contribution in [2.24, 2.45) is 17.6 Å². The monoisotopic (exact) mass is 169 g/mol. The SMILES string of the molecule is COC(C1CC1)C(N)C1CCC1. The molecule has 0 aliphatic heterocycles. The Morgan fingerprint density at radius 1 is 1.17 bits per heavy atom. The Morgan fingerprint density at radius 2 is 1.83 bits per heavy atom. The van der Waals surface area contributed by atoms with Crippen molar-refractivity contribution in [2.45, 2.75) is 44.2 Å². The zero-order chi connectivity index (χ0) is 8.55. The Balaban J connectivity index is 1.85. The van der Waals surface area contributed by atoms with E-state index in [2.05, 4.69) is 0 Å². The van der Waals surface area contributed by atoms with E-state index >= 15 is 0 Å². The minimum atomic E-state index is 0.316. The fraction of sp³-hybridized carbons (Fsp3) is 1.00. The highest BCUT2D eigenvalue weighted by molar-refractivity contribution is 4.93. The summed E-state index contributed by atoms with van der Waals surface area (Å²) in [5.74, 6) is 1.54. The molecule has 2 aliphatic rings. The predicted molar refractivity (Wildman–Crippen MR) is 48.8 cm³/mol. The average molecular weight is 169 g/mol. The van der Waals surface area contributed by atoms with Crippen LogP contribution in [0.3, 0.4) is 0 Å². The van der Waals surface area contributed by atoms with Gasteiger partial charge in [-0.2, -0.15) is 0 Å². The summed E-state index contributed by atoms with van der Waals surface area (Å²) >= 11 is 0. The molecule has 0 aromatic rings. The van der Waals surface area contributed by atoms with Gasteiger partial charge in [0.2, 0.25) is 0 Å². The van der Waals surface area contributed by atoms with Gasteiger partial charge < -0.3 is 10.5 Å². The van der Waals surface area contributed by atoms with E-state index in [9.17, 15) is 0 Å². The molecule has 2 rings (SSSR count). The van der Waals surface area contributed by atoms with E-state index in [0.29, 0.717) is 12.1 Å². The molecule has 70 valence electrons. The quantitative estimate of drug-likeness (QED) is 0.693. The summed E-state index contributed by atoms with van der Waals surface area (Å²) in [5, 5.41) is 0. The molecule has 2 heteroatoms. The second kappa shape index (κ2) is 3.35. The maximum atomic E-state index is 6.15. The van der Waals surface area contributed by atoms with Crippen molar-refractivity contribution in [3.8, 4) is 0 Å². The molecule has 2 fully saturated rings. The van der Waals surface area contributed by atoms with Crippen molar-refractivity contribution in [1.29, 1.82) is 0 Å². The number of hydrogen-bond acceptors (Lipinski definition) is 2. The van der Waals surface area contributed by atoms with Gasteiger partial charge in [-0.3, -0.25) is 0 Å². The smallest absolute Gasteiger partial charge is 0.0752 e. The topological polar surface area (TPSA) is 35.2 Å². The van der Waals surface area contributed by atoms with Crippen LogP contribution in [-0.4, -0.2) is 19.3 Å². The third-order valence-corrected chi connectivity index (χ3v) is 3.43. The summed E-state index contributed by atoms with van der Waals surface area (Å²) in [6, 6.07) is 0.316. The normalized spacial score (nSPS) is 29.5. The number of nitrogens with two attached hydrogens (primary N) is 1. The third kappa shape index (κ3) is 1.50. The molecular weight excluding hydrogens is 150 g/mol. The van der Waals surface area contributed by atoms with Gasteiger partial charge in [0.1, 0.15) is 0 Å². The molecule has 2 saturated carbocycles. The second-order valence-electron chi connectivity index (χ2n) is 4.31. The lowest BCUT2D eigenvalue weighted by atomic mass is 9.77. The Labute approximate surface area is 74.5 Å². The molecule has 12 heavy (non-hydrogen) atoms. The fourth-order valence-corrected chi connectivity index (χ4v) is 2.18. The summed E-state index contributed by atoms with van der Waals surface area (Å²) in [5.41, 5.74) is 6.15. The van der Waals surface area contributed by atoms with E-state index in [0.717, 1.165) is 11.8 Å². The lowest BCUT2D eigenvalue weighted by Gasteiger charge is -2.35. The van der Waals surface area contributed by atoms with Crippen molar-refractivity contribution < 1.29 is 4.74 Å². The van der Waals surface area contributed by atoms with Gasteiger partial charge in [-0.1, -0.05) is 6.42 Å². The molecule has 0 bridgehead atoms. The molecule has 0 spiro atoms. The third-order valence-electron chi connectivity index (χ3n) is 3.43. The molecule has 0 heterocycles. The molecule has 0 radical (unpaired) electrons. The van der Waals surface area contributed by atoms with Gasteiger partial charge in [-0.05, 0) is 37.5 Å². The number of hydrogen-bond donors (Lipinski definition) is 1. The van der Waals surface area contributed by atoms with E-state index in [4.69, 9.17) is 10.5 Å². The van der Waals surface area contributed by atoms with Crippen LogP contribution in [0.2, 0.25) is 0 Å². The summed E-state index contributed by atoms with van der Waals surface area (Å²) in [6.07, 6.45) is 7.05. The minimum Gasteiger partial charge on any atom is -0.380 e. The molecule has 0 aromatic heterocycles. The highest BCUT2D eigenvalue weighted by atomic mass is 16.5. The second-order valence-corrected chi connectivity index (χ2v) is 4.31. The van der Waals surface area contributed by atoms with Crippen LogP contribution in [0.5, 0.6) is 0 Å². The van der Waals surface area contributed by atoms with Gasteiger partial charge in [-0.25, -0.2) is 0 Å². The van der Waals surface area contributed by atoms with E-state index in [1.54, 1.807) is 0 Å². The van der Waals surface area contributed by atoms with Crippen LogP contribution >= 0.6 is 0 Å². The molecule has 2 nitrogen and oxygen atoms in total. The van der Waals surface area contributed by atoms with Crippen molar-refractivity contribution in [2.75, 3.05) is 7.11 Å². The number of rotatable bonds is 4. The first-order chi connectivity index (χ1) is 5.83. The lowest BCUT2D eigenvalue weighted by molar-refractivity contribution is 0.0301. The van der Waals surface area contributed by atoms with Gasteiger partial charge in [0.15, 0.2) is 0 Å². The van der Waals surface area contributed by atoms with Crippen LogP contribution in [0.4, 0.5) is 0 Å². The van der Waals surface area contributed by atoms with E-state index in [-0.39, 0.29) is 0 Å². The summed E-state index contributed by atoms with van der Waals surface area (Å²) in [7, 11) is 1.81. The molecule has 2 N–H and O–H groups in total. The van der Waals surface area contributed by atoms with Crippen LogP contribution in [0.1, 0.15) is 32.1 Å². The zero-order valence-electron chi connectivity index (χ0n) is 7.83. The molecule has 0 amide bonds. The Morgan fingerprint density at radius 3 is 2.17 bits per heavy atom. The van der Waals surface area contributed by atoms with Crippen molar-refractivity contribution in [3.63, 3.8) is 0 Å². The van der Waals surface area contributed by atoms with Crippen LogP contribution in [0.15, 0.2) is 0 Å². The van der Waals surface area contributed by atoms with Crippen molar-refractivity contribution in [1.82, 2.24) is 0 Å². The summed E-state index contributed by atoms with van der Waals surface area (Å²) in [6.45, 7) is 0. The summed E-state index contributed by atoms with van der Waals surface area (Å²) < 4.78 is 5.47. The van der Waals surface area contributed by atoms with Gasteiger partial charge in [-0.15, -0.1) is 0 Å². The van der Waals surface area contributed by atoms with E-state index in [1.807, 2.05) is 7.11 Å². The Kier molecular flexibility index (Phi) is 2.37. The first-order valence-corrected chi connectivity index (χ1v) is 5.11.